The van der Waals surface area contributed by atoms with Crippen LogP contribution in [0.15, 0.2) is 54.9 Å². The zero-order valence-electron chi connectivity index (χ0n) is 11.9. The first-order valence-corrected chi connectivity index (χ1v) is 6.83. The van der Waals surface area contributed by atoms with E-state index in [-0.39, 0.29) is 18.7 Å². The van der Waals surface area contributed by atoms with Crippen LogP contribution in [0.3, 0.4) is 0 Å². The molecule has 0 aliphatic carbocycles. The standard InChI is InChI=1S/C16H19N3O2/c1-12(13-7-9-17-10-8-13)18-16(21)19-15(11-20)14-5-3-2-4-6-14/h2-10,12,15,20H,11H2,1H3,(H2,18,19,21). The Kier molecular flexibility index (Phi) is 5.29. The Morgan fingerprint density at radius 1 is 1.10 bits per heavy atom. The van der Waals surface area contributed by atoms with Crippen molar-refractivity contribution >= 4 is 6.03 Å². The van der Waals surface area contributed by atoms with Crippen LogP contribution in [-0.2, 0) is 0 Å². The number of urea groups is 1. The van der Waals surface area contributed by atoms with E-state index in [1.165, 1.54) is 0 Å². The maximum absolute atomic E-state index is 12.0. The van der Waals surface area contributed by atoms with Crippen LogP contribution >= 0.6 is 0 Å². The number of aliphatic hydroxyl groups is 1. The monoisotopic (exact) mass is 285 g/mol. The van der Waals surface area contributed by atoms with Crippen LogP contribution in [0.4, 0.5) is 4.79 Å². The molecule has 2 amide bonds. The molecule has 5 heteroatoms. The Balaban J connectivity index is 1.94. The summed E-state index contributed by atoms with van der Waals surface area (Å²) in [6.07, 6.45) is 3.37. The number of carbonyl (C=O) groups is 1. The highest BCUT2D eigenvalue weighted by Crippen LogP contribution is 2.13. The summed E-state index contributed by atoms with van der Waals surface area (Å²) >= 11 is 0. The van der Waals surface area contributed by atoms with Gasteiger partial charge in [0.2, 0.25) is 0 Å². The maximum Gasteiger partial charge on any atom is 0.315 e. The molecule has 0 spiro atoms. The van der Waals surface area contributed by atoms with Crippen molar-refractivity contribution in [2.45, 2.75) is 19.0 Å². The lowest BCUT2D eigenvalue weighted by Gasteiger charge is -2.20. The zero-order valence-corrected chi connectivity index (χ0v) is 11.9. The number of carbonyl (C=O) groups excluding carboxylic acids is 1. The van der Waals surface area contributed by atoms with E-state index in [0.717, 1.165) is 11.1 Å². The quantitative estimate of drug-likeness (QED) is 0.788. The van der Waals surface area contributed by atoms with E-state index in [9.17, 15) is 9.90 Å². The summed E-state index contributed by atoms with van der Waals surface area (Å²) in [5, 5.41) is 15.0. The molecule has 2 rings (SSSR count). The molecular weight excluding hydrogens is 266 g/mol. The predicted molar refractivity (Wildman–Crippen MR) is 80.6 cm³/mol. The molecule has 0 fully saturated rings. The predicted octanol–water partition coefficient (Wildman–Crippen LogP) is 2.18. The van der Waals surface area contributed by atoms with Gasteiger partial charge in [-0.05, 0) is 30.2 Å². The van der Waals surface area contributed by atoms with Gasteiger partial charge < -0.3 is 15.7 Å². The topological polar surface area (TPSA) is 74.2 Å². The summed E-state index contributed by atoms with van der Waals surface area (Å²) < 4.78 is 0. The van der Waals surface area contributed by atoms with Crippen molar-refractivity contribution in [3.05, 3.63) is 66.0 Å². The number of nitrogens with zero attached hydrogens (tertiary/aromatic N) is 1. The van der Waals surface area contributed by atoms with Gasteiger partial charge in [-0.15, -0.1) is 0 Å². The number of benzene rings is 1. The van der Waals surface area contributed by atoms with Gasteiger partial charge >= 0.3 is 6.03 Å². The van der Waals surface area contributed by atoms with Gasteiger partial charge in [0.25, 0.3) is 0 Å². The molecule has 0 aliphatic heterocycles. The van der Waals surface area contributed by atoms with Gasteiger partial charge in [0, 0.05) is 12.4 Å². The molecule has 2 atom stereocenters. The molecular formula is C16H19N3O2. The smallest absolute Gasteiger partial charge is 0.315 e. The van der Waals surface area contributed by atoms with Crippen LogP contribution in [0.1, 0.15) is 30.1 Å². The summed E-state index contributed by atoms with van der Waals surface area (Å²) in [5.74, 6) is 0. The fourth-order valence-corrected chi connectivity index (χ4v) is 2.05. The van der Waals surface area contributed by atoms with E-state index in [0.29, 0.717) is 0 Å². The Morgan fingerprint density at radius 2 is 1.76 bits per heavy atom. The second-order valence-electron chi connectivity index (χ2n) is 4.77. The first-order valence-electron chi connectivity index (χ1n) is 6.83. The van der Waals surface area contributed by atoms with E-state index in [2.05, 4.69) is 15.6 Å². The maximum atomic E-state index is 12.0. The van der Waals surface area contributed by atoms with Crippen LogP contribution in [0.5, 0.6) is 0 Å². The number of amides is 2. The second kappa shape index (κ2) is 7.40. The molecule has 0 saturated heterocycles. The van der Waals surface area contributed by atoms with Gasteiger partial charge in [0.1, 0.15) is 0 Å². The highest BCUT2D eigenvalue weighted by atomic mass is 16.3. The number of pyridine rings is 1. The fourth-order valence-electron chi connectivity index (χ4n) is 2.05. The number of nitrogens with one attached hydrogen (secondary N) is 2. The van der Waals surface area contributed by atoms with Crippen molar-refractivity contribution < 1.29 is 9.90 Å². The first-order chi connectivity index (χ1) is 10.2. The third kappa shape index (κ3) is 4.29. The minimum atomic E-state index is -0.421. The van der Waals surface area contributed by atoms with Crippen molar-refractivity contribution in [3.63, 3.8) is 0 Å². The molecule has 1 aromatic carbocycles. The van der Waals surface area contributed by atoms with E-state index in [1.807, 2.05) is 49.4 Å². The highest BCUT2D eigenvalue weighted by molar-refractivity contribution is 5.75. The highest BCUT2D eigenvalue weighted by Gasteiger charge is 2.15. The van der Waals surface area contributed by atoms with E-state index < -0.39 is 6.04 Å². The molecule has 3 N–H and O–H groups in total. The van der Waals surface area contributed by atoms with Gasteiger partial charge in [0.15, 0.2) is 0 Å². The summed E-state index contributed by atoms with van der Waals surface area (Å²) in [5.41, 5.74) is 1.84. The lowest BCUT2D eigenvalue weighted by Crippen LogP contribution is -2.40. The minimum absolute atomic E-state index is 0.136. The first kappa shape index (κ1) is 15.0. The molecule has 2 aromatic rings. The molecule has 21 heavy (non-hydrogen) atoms. The molecule has 1 aromatic heterocycles. The Morgan fingerprint density at radius 3 is 2.38 bits per heavy atom. The lowest BCUT2D eigenvalue weighted by atomic mass is 10.1. The van der Waals surface area contributed by atoms with Crippen LogP contribution in [0.25, 0.3) is 0 Å². The number of rotatable bonds is 5. The average molecular weight is 285 g/mol. The van der Waals surface area contributed by atoms with E-state index in [4.69, 9.17) is 0 Å². The van der Waals surface area contributed by atoms with Gasteiger partial charge in [-0.2, -0.15) is 0 Å². The third-order valence-electron chi connectivity index (χ3n) is 3.24. The average Bonchev–Trinajstić information content (AvgIpc) is 2.54. The van der Waals surface area contributed by atoms with Crippen molar-refractivity contribution in [3.8, 4) is 0 Å². The van der Waals surface area contributed by atoms with Crippen molar-refractivity contribution in [1.82, 2.24) is 15.6 Å². The molecule has 0 bridgehead atoms. The Labute approximate surface area is 124 Å². The van der Waals surface area contributed by atoms with Gasteiger partial charge in [-0.1, -0.05) is 30.3 Å². The van der Waals surface area contributed by atoms with Gasteiger partial charge in [-0.3, -0.25) is 4.98 Å². The van der Waals surface area contributed by atoms with Crippen molar-refractivity contribution in [1.29, 1.82) is 0 Å². The molecule has 5 nitrogen and oxygen atoms in total. The van der Waals surface area contributed by atoms with E-state index >= 15 is 0 Å². The van der Waals surface area contributed by atoms with E-state index in [1.54, 1.807) is 12.4 Å². The molecule has 0 aliphatic rings. The molecule has 110 valence electrons. The Hall–Kier alpha value is -2.40. The van der Waals surface area contributed by atoms with Crippen LogP contribution in [0, 0.1) is 0 Å². The molecule has 0 radical (unpaired) electrons. The number of aliphatic hydroxyl groups excluding tert-OH is 1. The largest absolute Gasteiger partial charge is 0.394 e. The van der Waals surface area contributed by atoms with Crippen LogP contribution in [-0.4, -0.2) is 22.7 Å². The summed E-state index contributed by atoms with van der Waals surface area (Å²) in [4.78, 5) is 16.0. The SMILES string of the molecule is CC(NC(=O)NC(CO)c1ccccc1)c1ccncc1. The van der Waals surface area contributed by atoms with Crippen molar-refractivity contribution in [2.24, 2.45) is 0 Å². The summed E-state index contributed by atoms with van der Waals surface area (Å²) in [6.45, 7) is 1.74. The van der Waals surface area contributed by atoms with Crippen molar-refractivity contribution in [2.75, 3.05) is 6.61 Å². The number of hydrogen-bond donors (Lipinski definition) is 3. The summed E-state index contributed by atoms with van der Waals surface area (Å²) in [6, 6.07) is 12.2. The van der Waals surface area contributed by atoms with Gasteiger partial charge in [-0.25, -0.2) is 4.79 Å². The third-order valence-corrected chi connectivity index (χ3v) is 3.24. The molecule has 2 unspecified atom stereocenters. The second-order valence-corrected chi connectivity index (χ2v) is 4.77. The fraction of sp³-hybridized carbons (Fsp3) is 0.250. The van der Waals surface area contributed by atoms with Crippen LogP contribution in [0.2, 0.25) is 0 Å². The Bertz CT molecular complexity index is 560. The molecule has 1 heterocycles. The summed E-state index contributed by atoms with van der Waals surface area (Å²) in [7, 11) is 0. The number of hydrogen-bond acceptors (Lipinski definition) is 3. The van der Waals surface area contributed by atoms with Crippen LogP contribution < -0.4 is 10.6 Å². The number of aromatic nitrogens is 1. The lowest BCUT2D eigenvalue weighted by molar-refractivity contribution is 0.214. The van der Waals surface area contributed by atoms with Gasteiger partial charge in [0.05, 0.1) is 18.7 Å². The zero-order chi connectivity index (χ0) is 15.1. The normalized spacial score (nSPS) is 13.2. The minimum Gasteiger partial charge on any atom is -0.394 e. The molecule has 0 saturated carbocycles.